The first-order chi connectivity index (χ1) is 9.22. The van der Waals surface area contributed by atoms with Crippen LogP contribution in [0.3, 0.4) is 0 Å². The minimum Gasteiger partial charge on any atom is -0.384 e. The number of nitrogen functional groups attached to an aromatic ring is 1. The van der Waals surface area contributed by atoms with E-state index in [2.05, 4.69) is 31.3 Å². The number of anilines is 3. The fraction of sp³-hybridized carbons (Fsp3) is 0.0769. The molecule has 5 nitrogen and oxygen atoms in total. The van der Waals surface area contributed by atoms with E-state index in [0.717, 1.165) is 21.4 Å². The van der Waals surface area contributed by atoms with Gasteiger partial charge in [0.25, 0.3) is 0 Å². The van der Waals surface area contributed by atoms with Crippen molar-refractivity contribution < 1.29 is 0 Å². The van der Waals surface area contributed by atoms with Gasteiger partial charge in [-0.05, 0) is 24.3 Å². The van der Waals surface area contributed by atoms with E-state index in [1.54, 1.807) is 6.20 Å². The highest BCUT2D eigenvalue weighted by Crippen LogP contribution is 2.24. The van der Waals surface area contributed by atoms with E-state index in [1.165, 1.54) is 0 Å². The van der Waals surface area contributed by atoms with Crippen LogP contribution in [0, 0.1) is 0 Å². The molecule has 2 aromatic rings. The summed E-state index contributed by atoms with van der Waals surface area (Å²) in [5.74, 6) is 0.495. The number of benzene rings is 1. The van der Waals surface area contributed by atoms with Crippen LogP contribution in [0.2, 0.25) is 0 Å². The van der Waals surface area contributed by atoms with Crippen molar-refractivity contribution in [3.63, 3.8) is 0 Å². The molecule has 3 rings (SSSR count). The first kappa shape index (κ1) is 12.0. The van der Waals surface area contributed by atoms with Crippen LogP contribution in [0.5, 0.6) is 0 Å². The van der Waals surface area contributed by atoms with Crippen molar-refractivity contribution in [1.82, 2.24) is 4.98 Å². The van der Waals surface area contributed by atoms with Crippen molar-refractivity contribution in [2.45, 2.75) is 0 Å². The zero-order chi connectivity index (χ0) is 13.2. The summed E-state index contributed by atoms with van der Waals surface area (Å²) < 4.78 is 1.02. The third-order valence-electron chi connectivity index (χ3n) is 2.77. The average Bonchev–Trinajstić information content (AvgIpc) is 2.38. The number of halogens is 1. The summed E-state index contributed by atoms with van der Waals surface area (Å²) in [6.45, 7) is 0.533. The van der Waals surface area contributed by atoms with E-state index >= 15 is 0 Å². The number of fused-ring (bicyclic) bond motifs is 1. The van der Waals surface area contributed by atoms with Gasteiger partial charge in [0.05, 0.1) is 17.6 Å². The van der Waals surface area contributed by atoms with E-state index in [9.17, 15) is 0 Å². The third kappa shape index (κ3) is 2.53. The Morgan fingerprint density at radius 2 is 2.21 bits per heavy atom. The molecule has 2 heterocycles. The van der Waals surface area contributed by atoms with Gasteiger partial charge in [0.15, 0.2) is 0 Å². The second kappa shape index (κ2) is 4.89. The van der Waals surface area contributed by atoms with Crippen LogP contribution in [-0.4, -0.2) is 17.9 Å². The molecule has 6 heteroatoms. The Kier molecular flexibility index (Phi) is 3.08. The molecule has 1 aromatic carbocycles. The quantitative estimate of drug-likeness (QED) is 0.893. The molecule has 0 spiro atoms. The maximum absolute atomic E-state index is 5.68. The highest BCUT2D eigenvalue weighted by Gasteiger charge is 2.14. The molecule has 19 heavy (non-hydrogen) atoms. The van der Waals surface area contributed by atoms with Gasteiger partial charge in [-0.3, -0.25) is 15.4 Å². The summed E-state index contributed by atoms with van der Waals surface area (Å²) >= 11 is 3.45. The zero-order valence-electron chi connectivity index (χ0n) is 10.0. The molecule has 0 unspecified atom stereocenters. The number of aliphatic imine (C=N–C) groups is 1. The number of nitrogens with zero attached hydrogens (tertiary/aromatic N) is 3. The molecule has 1 aromatic heterocycles. The van der Waals surface area contributed by atoms with Crippen molar-refractivity contribution in [3.8, 4) is 0 Å². The van der Waals surface area contributed by atoms with Crippen molar-refractivity contribution in [3.05, 3.63) is 46.6 Å². The van der Waals surface area contributed by atoms with Crippen LogP contribution in [0.4, 0.5) is 17.2 Å². The second-order valence-electron chi connectivity index (χ2n) is 4.17. The molecule has 1 aliphatic rings. The van der Waals surface area contributed by atoms with Crippen molar-refractivity contribution in [1.29, 1.82) is 0 Å². The fourth-order valence-corrected chi connectivity index (χ4v) is 2.32. The predicted molar refractivity (Wildman–Crippen MR) is 81.4 cm³/mol. The fourth-order valence-electron chi connectivity index (χ4n) is 1.92. The molecular weight excluding hydrogens is 306 g/mol. The highest BCUT2D eigenvalue weighted by atomic mass is 79.9. The summed E-state index contributed by atoms with van der Waals surface area (Å²) in [5.41, 5.74) is 11.9. The Hall–Kier alpha value is -2.08. The van der Waals surface area contributed by atoms with Gasteiger partial charge in [0, 0.05) is 16.3 Å². The van der Waals surface area contributed by atoms with Crippen molar-refractivity contribution >= 4 is 39.3 Å². The predicted octanol–water partition coefficient (Wildman–Crippen LogP) is 2.65. The van der Waals surface area contributed by atoms with Crippen LogP contribution in [-0.2, 0) is 0 Å². The van der Waals surface area contributed by atoms with Crippen molar-refractivity contribution in [2.75, 3.05) is 22.8 Å². The molecule has 0 atom stereocenters. The minimum atomic E-state index is 0.495. The van der Waals surface area contributed by atoms with Crippen LogP contribution < -0.4 is 16.2 Å². The number of hydrogen-bond acceptors (Lipinski definition) is 5. The normalized spacial score (nSPS) is 13.2. The number of aromatic nitrogens is 1. The summed E-state index contributed by atoms with van der Waals surface area (Å²) in [5, 5.41) is 1.93. The minimum absolute atomic E-state index is 0.495. The number of rotatable bonds is 2. The molecule has 0 fully saturated rings. The zero-order valence-corrected chi connectivity index (χ0v) is 11.6. The Morgan fingerprint density at radius 1 is 1.32 bits per heavy atom. The summed E-state index contributed by atoms with van der Waals surface area (Å²) in [7, 11) is 0. The monoisotopic (exact) mass is 317 g/mol. The molecule has 96 valence electrons. The maximum atomic E-state index is 5.68. The van der Waals surface area contributed by atoms with Gasteiger partial charge < -0.3 is 5.73 Å². The average molecular weight is 318 g/mol. The number of nitrogens with two attached hydrogens (primary N) is 1. The lowest BCUT2D eigenvalue weighted by Crippen LogP contribution is -2.33. The molecule has 1 aliphatic heterocycles. The summed E-state index contributed by atoms with van der Waals surface area (Å²) in [6.07, 6.45) is 3.56. The second-order valence-corrected chi connectivity index (χ2v) is 5.09. The lowest BCUT2D eigenvalue weighted by Gasteiger charge is -2.28. The molecule has 0 radical (unpaired) electrons. The molecule has 0 saturated heterocycles. The third-order valence-corrected chi connectivity index (χ3v) is 3.26. The maximum Gasteiger partial charge on any atom is 0.129 e. The van der Waals surface area contributed by atoms with Crippen LogP contribution >= 0.6 is 15.9 Å². The van der Waals surface area contributed by atoms with Gasteiger partial charge in [-0.25, -0.2) is 4.98 Å². The lowest BCUT2D eigenvalue weighted by molar-refractivity contribution is 0.902. The molecule has 0 saturated carbocycles. The SMILES string of the molecule is Nc1cc2c(cn1)N(Nc1cccc(Br)c1)CN=C2. The summed E-state index contributed by atoms with van der Waals surface area (Å²) in [4.78, 5) is 8.43. The lowest BCUT2D eigenvalue weighted by atomic mass is 10.2. The van der Waals surface area contributed by atoms with Crippen LogP contribution in [0.1, 0.15) is 5.56 Å². The molecule has 0 bridgehead atoms. The Morgan fingerprint density at radius 3 is 3.05 bits per heavy atom. The van der Waals surface area contributed by atoms with Crippen LogP contribution in [0.25, 0.3) is 0 Å². The van der Waals surface area contributed by atoms with Gasteiger partial charge in [-0.1, -0.05) is 22.0 Å². The Labute approximate surface area is 119 Å². The number of hydrogen-bond donors (Lipinski definition) is 2. The molecular formula is C13H12BrN5. The number of pyridine rings is 1. The van der Waals surface area contributed by atoms with Gasteiger partial charge in [-0.2, -0.15) is 0 Å². The standard InChI is InChI=1S/C13H12BrN5/c14-10-2-1-3-11(5-10)18-19-8-16-6-9-4-13(15)17-7-12(9)19/h1-7,18H,8H2,(H2,15,17). The number of nitrogens with one attached hydrogen (secondary N) is 1. The van der Waals surface area contributed by atoms with Gasteiger partial charge >= 0.3 is 0 Å². The van der Waals surface area contributed by atoms with Gasteiger partial charge in [0.1, 0.15) is 12.5 Å². The van der Waals surface area contributed by atoms with Gasteiger partial charge in [-0.15, -0.1) is 0 Å². The number of hydrazine groups is 1. The van der Waals surface area contributed by atoms with E-state index in [-0.39, 0.29) is 0 Å². The van der Waals surface area contributed by atoms with E-state index in [4.69, 9.17) is 5.73 Å². The first-order valence-electron chi connectivity index (χ1n) is 5.77. The molecule has 3 N–H and O–H groups in total. The van der Waals surface area contributed by atoms with Crippen LogP contribution in [0.15, 0.2) is 46.0 Å². The van der Waals surface area contributed by atoms with E-state index in [1.807, 2.05) is 41.6 Å². The smallest absolute Gasteiger partial charge is 0.129 e. The van der Waals surface area contributed by atoms with Crippen molar-refractivity contribution in [2.24, 2.45) is 4.99 Å². The topological polar surface area (TPSA) is 66.5 Å². The Bertz CT molecular complexity index is 641. The highest BCUT2D eigenvalue weighted by molar-refractivity contribution is 9.10. The van der Waals surface area contributed by atoms with Gasteiger partial charge in [0.2, 0.25) is 0 Å². The molecule has 0 aliphatic carbocycles. The molecule has 0 amide bonds. The van der Waals surface area contributed by atoms with E-state index in [0.29, 0.717) is 12.5 Å². The summed E-state index contributed by atoms with van der Waals surface area (Å²) in [6, 6.07) is 9.77. The largest absolute Gasteiger partial charge is 0.384 e. The Balaban J connectivity index is 1.90. The van der Waals surface area contributed by atoms with E-state index < -0.39 is 0 Å². The first-order valence-corrected chi connectivity index (χ1v) is 6.57.